The first-order valence-corrected chi connectivity index (χ1v) is 4.46. The van der Waals surface area contributed by atoms with Crippen LogP contribution < -0.4 is 10.6 Å². The topological polar surface area (TPSA) is 44.4 Å². The molecule has 0 aromatic rings. The molecule has 2 aliphatic rings. The van der Waals surface area contributed by atoms with Crippen molar-refractivity contribution in [1.82, 2.24) is 15.5 Å². The van der Waals surface area contributed by atoms with E-state index in [1.165, 1.54) is 0 Å². The number of likely N-dealkylation sites (N-methyl/N-ethyl adjacent to an activating group) is 1. The summed E-state index contributed by atoms with van der Waals surface area (Å²) in [7, 11) is 2.00. The van der Waals surface area contributed by atoms with Gasteiger partial charge in [-0.3, -0.25) is 9.69 Å². The molecule has 76 valence electrons. The molecule has 2 aliphatic heterocycles. The second kappa shape index (κ2) is 3.82. The van der Waals surface area contributed by atoms with Gasteiger partial charge in [-0.1, -0.05) is 0 Å². The lowest BCUT2D eigenvalue weighted by Gasteiger charge is -2.36. The van der Waals surface area contributed by atoms with Crippen molar-refractivity contribution in [3.05, 3.63) is 0 Å². The van der Waals surface area contributed by atoms with Gasteiger partial charge in [0.15, 0.2) is 0 Å². The predicted molar refractivity (Wildman–Crippen MR) is 52.9 cm³/mol. The van der Waals surface area contributed by atoms with Crippen molar-refractivity contribution in [2.24, 2.45) is 0 Å². The maximum Gasteiger partial charge on any atom is 0.242 e. The predicted octanol–water partition coefficient (Wildman–Crippen LogP) is -0.451. The average Bonchev–Trinajstić information content (AvgIpc) is 2.36. The van der Waals surface area contributed by atoms with Gasteiger partial charge in [-0.15, -0.1) is 12.4 Å². The highest BCUT2D eigenvalue weighted by atomic mass is 35.5. The Kier molecular flexibility index (Phi) is 3.16. The van der Waals surface area contributed by atoms with Gasteiger partial charge >= 0.3 is 0 Å². The van der Waals surface area contributed by atoms with Crippen molar-refractivity contribution in [2.75, 3.05) is 26.8 Å². The minimum Gasteiger partial charge on any atom is -0.342 e. The third kappa shape index (κ3) is 1.54. The molecule has 2 heterocycles. The van der Waals surface area contributed by atoms with E-state index in [2.05, 4.69) is 15.5 Å². The van der Waals surface area contributed by atoms with Gasteiger partial charge in [0.1, 0.15) is 5.54 Å². The molecule has 0 saturated carbocycles. The Morgan fingerprint density at radius 3 is 2.77 bits per heavy atom. The summed E-state index contributed by atoms with van der Waals surface area (Å²) < 4.78 is 0. The molecule has 2 saturated heterocycles. The summed E-state index contributed by atoms with van der Waals surface area (Å²) in [5.74, 6) is 0.192. The first kappa shape index (κ1) is 10.8. The van der Waals surface area contributed by atoms with E-state index in [1.807, 2.05) is 7.05 Å². The Morgan fingerprint density at radius 2 is 2.31 bits per heavy atom. The lowest BCUT2D eigenvalue weighted by molar-refractivity contribution is -0.127. The number of hydrogen-bond donors (Lipinski definition) is 2. The first-order chi connectivity index (χ1) is 5.76. The molecule has 2 N–H and O–H groups in total. The molecule has 4 nitrogen and oxygen atoms in total. The maximum absolute atomic E-state index is 11.6. The second-order valence-electron chi connectivity index (χ2n) is 3.67. The molecule has 2 rings (SSSR count). The molecule has 13 heavy (non-hydrogen) atoms. The van der Waals surface area contributed by atoms with Crippen LogP contribution in [0.4, 0.5) is 0 Å². The van der Waals surface area contributed by atoms with E-state index in [1.54, 1.807) is 0 Å². The fourth-order valence-corrected chi connectivity index (χ4v) is 2.09. The van der Waals surface area contributed by atoms with E-state index < -0.39 is 0 Å². The van der Waals surface area contributed by atoms with Crippen LogP contribution >= 0.6 is 12.4 Å². The smallest absolute Gasteiger partial charge is 0.242 e. The number of carbonyl (C=O) groups excluding carboxylic acids is 1. The third-order valence-electron chi connectivity index (χ3n) is 2.99. The van der Waals surface area contributed by atoms with Crippen molar-refractivity contribution in [3.8, 4) is 0 Å². The van der Waals surface area contributed by atoms with E-state index in [9.17, 15) is 4.79 Å². The largest absolute Gasteiger partial charge is 0.342 e. The molecule has 2 fully saturated rings. The molecule has 0 radical (unpaired) electrons. The summed E-state index contributed by atoms with van der Waals surface area (Å²) in [5, 5.41) is 6.15. The highest BCUT2D eigenvalue weighted by Crippen LogP contribution is 2.25. The summed E-state index contributed by atoms with van der Waals surface area (Å²) in [6.45, 7) is 2.54. The fraction of sp³-hybridized carbons (Fsp3) is 0.875. The molecule has 0 bridgehead atoms. The van der Waals surface area contributed by atoms with Crippen molar-refractivity contribution < 1.29 is 4.79 Å². The zero-order valence-corrected chi connectivity index (χ0v) is 8.62. The Hall–Kier alpha value is -0.320. The number of carbonyl (C=O) groups is 1. The Labute approximate surface area is 84.5 Å². The van der Waals surface area contributed by atoms with Crippen LogP contribution in [0.2, 0.25) is 0 Å². The molecule has 1 unspecified atom stereocenters. The molecule has 0 aliphatic carbocycles. The molecule has 0 aromatic carbocycles. The van der Waals surface area contributed by atoms with Gasteiger partial charge in [0.05, 0.1) is 6.67 Å². The van der Waals surface area contributed by atoms with Crippen LogP contribution in [0.3, 0.4) is 0 Å². The van der Waals surface area contributed by atoms with Gasteiger partial charge < -0.3 is 10.6 Å². The van der Waals surface area contributed by atoms with Crippen LogP contribution in [-0.4, -0.2) is 43.2 Å². The van der Waals surface area contributed by atoms with Crippen molar-refractivity contribution >= 4 is 18.3 Å². The standard InChI is InChI=1S/C8H15N3O.ClH/c1-11-6-10-7(12)8(11)3-2-4-9-5-8;/h9H,2-6H2,1H3,(H,10,12);1H. The zero-order valence-electron chi connectivity index (χ0n) is 7.80. The highest BCUT2D eigenvalue weighted by molar-refractivity contribution is 5.88. The van der Waals surface area contributed by atoms with E-state index in [0.717, 1.165) is 25.9 Å². The van der Waals surface area contributed by atoms with Crippen LogP contribution in [0.25, 0.3) is 0 Å². The third-order valence-corrected chi connectivity index (χ3v) is 2.99. The van der Waals surface area contributed by atoms with Crippen LogP contribution in [0, 0.1) is 0 Å². The van der Waals surface area contributed by atoms with E-state index >= 15 is 0 Å². The molecule has 0 aromatic heterocycles. The van der Waals surface area contributed by atoms with Crippen LogP contribution in [-0.2, 0) is 4.79 Å². The van der Waals surface area contributed by atoms with Crippen molar-refractivity contribution in [3.63, 3.8) is 0 Å². The number of nitrogens with zero attached hydrogens (tertiary/aromatic N) is 1. The number of piperidine rings is 1. The molecular formula is C8H16ClN3O. The molecule has 5 heteroatoms. The van der Waals surface area contributed by atoms with Gasteiger partial charge in [-0.05, 0) is 26.4 Å². The SMILES string of the molecule is CN1CNC(=O)C12CCCNC2.Cl. The molecule has 1 spiro atoms. The van der Waals surface area contributed by atoms with Crippen molar-refractivity contribution in [1.29, 1.82) is 0 Å². The highest BCUT2D eigenvalue weighted by Gasteiger charge is 2.47. The summed E-state index contributed by atoms with van der Waals surface area (Å²) >= 11 is 0. The zero-order chi connectivity index (χ0) is 8.60. The Bertz CT molecular complexity index is 204. The number of amides is 1. The summed E-state index contributed by atoms with van der Waals surface area (Å²) in [6, 6.07) is 0. The lowest BCUT2D eigenvalue weighted by atomic mass is 9.89. The van der Waals surface area contributed by atoms with Gasteiger partial charge in [-0.25, -0.2) is 0 Å². The number of rotatable bonds is 0. The molecule has 1 atom stereocenters. The Balaban J connectivity index is 0.000000845. The molecule has 1 amide bonds. The summed E-state index contributed by atoms with van der Waals surface area (Å²) in [5.41, 5.74) is -0.238. The van der Waals surface area contributed by atoms with E-state index in [0.29, 0.717) is 6.67 Å². The second-order valence-corrected chi connectivity index (χ2v) is 3.67. The summed E-state index contributed by atoms with van der Waals surface area (Å²) in [6.07, 6.45) is 2.08. The van der Waals surface area contributed by atoms with Gasteiger partial charge in [0.2, 0.25) is 5.91 Å². The van der Waals surface area contributed by atoms with Crippen LogP contribution in [0.1, 0.15) is 12.8 Å². The quantitative estimate of drug-likeness (QED) is 0.563. The van der Waals surface area contributed by atoms with Crippen LogP contribution in [0.15, 0.2) is 0 Å². The maximum atomic E-state index is 11.6. The minimum absolute atomic E-state index is 0. The fourth-order valence-electron chi connectivity index (χ4n) is 2.09. The van der Waals surface area contributed by atoms with Gasteiger partial charge in [0.25, 0.3) is 0 Å². The van der Waals surface area contributed by atoms with Crippen molar-refractivity contribution in [2.45, 2.75) is 18.4 Å². The van der Waals surface area contributed by atoms with Crippen LogP contribution in [0.5, 0.6) is 0 Å². The minimum atomic E-state index is -0.238. The van der Waals surface area contributed by atoms with Gasteiger partial charge in [-0.2, -0.15) is 0 Å². The number of nitrogens with one attached hydrogen (secondary N) is 2. The van der Waals surface area contributed by atoms with E-state index in [4.69, 9.17) is 0 Å². The monoisotopic (exact) mass is 205 g/mol. The lowest BCUT2D eigenvalue weighted by Crippen LogP contribution is -2.57. The Morgan fingerprint density at radius 1 is 1.54 bits per heavy atom. The van der Waals surface area contributed by atoms with Gasteiger partial charge in [0, 0.05) is 6.54 Å². The normalized spacial score (nSPS) is 34.4. The van der Waals surface area contributed by atoms with E-state index in [-0.39, 0.29) is 23.9 Å². The number of halogens is 1. The average molecular weight is 206 g/mol. The summed E-state index contributed by atoms with van der Waals surface area (Å²) in [4.78, 5) is 13.7. The molecular weight excluding hydrogens is 190 g/mol. The first-order valence-electron chi connectivity index (χ1n) is 4.46. The number of hydrogen-bond acceptors (Lipinski definition) is 3.